The van der Waals surface area contributed by atoms with Crippen LogP contribution in [0.3, 0.4) is 0 Å². The van der Waals surface area contributed by atoms with E-state index in [1.165, 1.54) is 5.56 Å². The first-order chi connectivity index (χ1) is 19.1. The van der Waals surface area contributed by atoms with Crippen LogP contribution in [0.25, 0.3) is 16.6 Å². The lowest BCUT2D eigenvalue weighted by Gasteiger charge is -2.15. The van der Waals surface area contributed by atoms with Crippen LogP contribution >= 0.6 is 0 Å². The topological polar surface area (TPSA) is 157 Å². The lowest BCUT2D eigenvalue weighted by molar-refractivity contribution is -0.159. The summed E-state index contributed by atoms with van der Waals surface area (Å²) in [6.07, 6.45) is 1.74. The van der Waals surface area contributed by atoms with Gasteiger partial charge in [-0.05, 0) is 63.9 Å². The maximum Gasteiger partial charge on any atom is 0.414 e. The van der Waals surface area contributed by atoms with Gasteiger partial charge in [-0.15, -0.1) is 0 Å². The first kappa shape index (κ1) is 30.6. The van der Waals surface area contributed by atoms with E-state index in [9.17, 15) is 9.90 Å². The van der Waals surface area contributed by atoms with Crippen molar-refractivity contribution in [1.29, 1.82) is 0 Å². The number of aliphatic hydroxyl groups excluding tert-OH is 1. The summed E-state index contributed by atoms with van der Waals surface area (Å²) in [5.74, 6) is -3.41. The summed E-state index contributed by atoms with van der Waals surface area (Å²) in [5.41, 5.74) is 4.39. The zero-order chi connectivity index (χ0) is 29.2. The Bertz CT molecular complexity index is 1300. The molecule has 2 heterocycles. The monoisotopic (exact) mass is 556 g/mol. The molecule has 1 fully saturated rings. The van der Waals surface area contributed by atoms with Crippen LogP contribution in [0.4, 0.5) is 0 Å². The highest BCUT2D eigenvalue weighted by Crippen LogP contribution is 2.32. The Morgan fingerprint density at radius 1 is 1.10 bits per heavy atom. The lowest BCUT2D eigenvalue weighted by atomic mass is 10.1. The number of rotatable bonds is 10. The van der Waals surface area contributed by atoms with Gasteiger partial charge in [-0.2, -0.15) is 0 Å². The molecule has 11 heteroatoms. The van der Waals surface area contributed by atoms with E-state index in [0.717, 1.165) is 48.3 Å². The fourth-order valence-electron chi connectivity index (χ4n) is 4.44. The summed E-state index contributed by atoms with van der Waals surface area (Å²) in [7, 11) is 0. The van der Waals surface area contributed by atoms with Crippen LogP contribution in [0.1, 0.15) is 41.4 Å². The summed E-state index contributed by atoms with van der Waals surface area (Å²) in [6.45, 7) is 8.21. The lowest BCUT2D eigenvalue weighted by Crippen LogP contribution is -2.35. The van der Waals surface area contributed by atoms with Crippen LogP contribution in [0, 0.1) is 13.8 Å². The van der Waals surface area contributed by atoms with Gasteiger partial charge in [0.05, 0.1) is 23.8 Å². The van der Waals surface area contributed by atoms with Crippen LogP contribution in [0.2, 0.25) is 0 Å². The fraction of sp³-hybridized carbons (Fsp3) is 0.414. The molecule has 216 valence electrons. The van der Waals surface area contributed by atoms with E-state index in [1.54, 1.807) is 6.92 Å². The zero-order valence-electron chi connectivity index (χ0n) is 22.9. The molecule has 3 aromatic rings. The number of aryl methyl sites for hydroxylation is 1. The molecule has 0 bridgehead atoms. The predicted octanol–water partition coefficient (Wildman–Crippen LogP) is 3.09. The molecule has 11 nitrogen and oxygen atoms in total. The van der Waals surface area contributed by atoms with Crippen molar-refractivity contribution in [2.75, 3.05) is 32.9 Å². The van der Waals surface area contributed by atoms with Crippen LogP contribution in [0.5, 0.6) is 5.75 Å². The Kier molecular flexibility index (Phi) is 11.1. The van der Waals surface area contributed by atoms with Crippen molar-refractivity contribution in [3.8, 4) is 11.4 Å². The molecule has 1 aromatic heterocycles. The van der Waals surface area contributed by atoms with Gasteiger partial charge in [-0.1, -0.05) is 17.7 Å². The number of ether oxygens (including phenoxy) is 3. The number of aromatic nitrogens is 1. The van der Waals surface area contributed by atoms with Gasteiger partial charge in [0.1, 0.15) is 18.5 Å². The number of hydrogen-bond donors (Lipinski definition) is 4. The summed E-state index contributed by atoms with van der Waals surface area (Å²) in [6, 6.07) is 13.9. The van der Waals surface area contributed by atoms with Gasteiger partial charge in [0.15, 0.2) is 0 Å². The average Bonchev–Trinajstić information content (AvgIpc) is 3.53. The largest absolute Gasteiger partial charge is 0.491 e. The van der Waals surface area contributed by atoms with Crippen LogP contribution in [-0.4, -0.2) is 82.9 Å². The van der Waals surface area contributed by atoms with Crippen LogP contribution in [0.15, 0.2) is 42.5 Å². The molecular weight excluding hydrogens is 520 g/mol. The zero-order valence-corrected chi connectivity index (χ0v) is 22.9. The molecule has 0 amide bonds. The van der Waals surface area contributed by atoms with Crippen molar-refractivity contribution in [3.05, 3.63) is 59.3 Å². The molecule has 0 aliphatic carbocycles. The number of carbonyl (C=O) groups is 3. The van der Waals surface area contributed by atoms with Gasteiger partial charge >= 0.3 is 17.9 Å². The minimum Gasteiger partial charge on any atom is -0.491 e. The molecule has 1 aliphatic heterocycles. The predicted molar refractivity (Wildman–Crippen MR) is 147 cm³/mol. The minimum absolute atomic E-state index is 0.149. The highest BCUT2D eigenvalue weighted by Gasteiger charge is 2.23. The van der Waals surface area contributed by atoms with Gasteiger partial charge in [0.25, 0.3) is 0 Å². The third kappa shape index (κ3) is 8.04. The first-order valence-corrected chi connectivity index (χ1v) is 13.1. The molecule has 2 unspecified atom stereocenters. The molecule has 4 N–H and O–H groups in total. The second-order valence-corrected chi connectivity index (χ2v) is 9.40. The average molecular weight is 557 g/mol. The molecule has 2 aromatic carbocycles. The quantitative estimate of drug-likeness (QED) is 0.216. The highest BCUT2D eigenvalue weighted by atomic mass is 16.5. The second kappa shape index (κ2) is 14.5. The Labute approximate surface area is 232 Å². The molecular formula is C29H36N2O9. The molecule has 0 saturated carbocycles. The Morgan fingerprint density at radius 3 is 2.40 bits per heavy atom. The summed E-state index contributed by atoms with van der Waals surface area (Å²) >= 11 is 0. The number of carboxylic acid groups (broad SMARTS) is 2. The van der Waals surface area contributed by atoms with E-state index >= 15 is 0 Å². The van der Waals surface area contributed by atoms with Crippen molar-refractivity contribution in [3.63, 3.8) is 0 Å². The van der Waals surface area contributed by atoms with E-state index in [2.05, 4.69) is 22.0 Å². The molecule has 40 heavy (non-hydrogen) atoms. The summed E-state index contributed by atoms with van der Waals surface area (Å²) in [4.78, 5) is 31.0. The van der Waals surface area contributed by atoms with Gasteiger partial charge in [0.2, 0.25) is 0 Å². The number of carboxylic acids is 2. The van der Waals surface area contributed by atoms with Crippen molar-refractivity contribution < 1.29 is 43.9 Å². The summed E-state index contributed by atoms with van der Waals surface area (Å²) < 4.78 is 18.9. The minimum atomic E-state index is -1.82. The third-order valence-electron chi connectivity index (χ3n) is 6.35. The number of aliphatic hydroxyl groups is 1. The van der Waals surface area contributed by atoms with Gasteiger partial charge in [-0.25, -0.2) is 14.4 Å². The van der Waals surface area contributed by atoms with E-state index in [0.29, 0.717) is 24.5 Å². The number of fused-ring (bicyclic) bond motifs is 1. The Hall–Kier alpha value is -3.93. The number of esters is 1. The number of nitrogens with one attached hydrogen (secondary N) is 1. The number of benzene rings is 2. The molecule has 4 rings (SSSR count). The highest BCUT2D eigenvalue weighted by molar-refractivity contribution is 6.27. The molecule has 0 radical (unpaired) electrons. The Balaban J connectivity index is 0.000000663. The Morgan fingerprint density at radius 2 is 1.80 bits per heavy atom. The third-order valence-corrected chi connectivity index (χ3v) is 6.35. The van der Waals surface area contributed by atoms with Crippen molar-refractivity contribution in [1.82, 2.24) is 9.88 Å². The van der Waals surface area contributed by atoms with Crippen LogP contribution in [-0.2, 0) is 19.1 Å². The van der Waals surface area contributed by atoms with Crippen molar-refractivity contribution in [2.45, 2.75) is 45.8 Å². The second-order valence-electron chi connectivity index (χ2n) is 9.40. The van der Waals surface area contributed by atoms with Gasteiger partial charge in [-0.3, -0.25) is 0 Å². The first-order valence-electron chi connectivity index (χ1n) is 13.1. The molecule has 1 saturated heterocycles. The van der Waals surface area contributed by atoms with Gasteiger partial charge < -0.3 is 39.4 Å². The molecule has 2 atom stereocenters. The maximum atomic E-state index is 12.8. The van der Waals surface area contributed by atoms with E-state index in [-0.39, 0.29) is 18.7 Å². The molecule has 0 spiro atoms. The van der Waals surface area contributed by atoms with Gasteiger partial charge in [0, 0.05) is 36.5 Å². The van der Waals surface area contributed by atoms with E-state index < -0.39 is 18.0 Å². The van der Waals surface area contributed by atoms with Crippen LogP contribution < -0.4 is 10.1 Å². The SMILES string of the molecule is CCOC(=O)c1c(C)n(-c2ccc(C)cc2)c2ccc(OCC(O)CNCC3CCCO3)cc12.O=C(O)C(=O)O. The molecule has 1 aliphatic rings. The fourth-order valence-corrected chi connectivity index (χ4v) is 4.44. The standard InChI is InChI=1S/C27H34N2O5.C2H2O4/c1-4-32-27(31)26-19(3)29(20-9-7-18(2)8-10-20)25-12-11-22(14-24(25)26)34-17-21(30)15-28-16-23-6-5-13-33-23;3-1(4)2(5)6/h7-12,14,21,23,28,30H,4-6,13,15-17H2,1-3H3;(H,3,4)(H,5,6). The number of nitrogens with zero attached hydrogens (tertiary/aromatic N) is 1. The van der Waals surface area contributed by atoms with E-state index in [1.807, 2.05) is 44.2 Å². The maximum absolute atomic E-state index is 12.8. The summed E-state index contributed by atoms with van der Waals surface area (Å²) in [5, 5.41) is 29.1. The smallest absolute Gasteiger partial charge is 0.414 e. The number of carbonyl (C=O) groups excluding carboxylic acids is 1. The van der Waals surface area contributed by atoms with Crippen molar-refractivity contribution in [2.24, 2.45) is 0 Å². The normalized spacial score (nSPS) is 15.2. The number of hydrogen-bond acceptors (Lipinski definition) is 8. The number of aliphatic carboxylic acids is 2. The van der Waals surface area contributed by atoms with Crippen molar-refractivity contribution >= 4 is 28.8 Å². The van der Waals surface area contributed by atoms with E-state index in [4.69, 9.17) is 34.0 Å².